The summed E-state index contributed by atoms with van der Waals surface area (Å²) in [5.41, 5.74) is -0.473. The first kappa shape index (κ1) is 62.0. The molecule has 0 radical (unpaired) electrons. The molecular formula is C44H46BrF9I2O11S-2. The van der Waals surface area contributed by atoms with Crippen LogP contribution in [0.25, 0.3) is 0 Å². The molecule has 0 unspecified atom stereocenters. The molecule has 0 heterocycles. The van der Waals surface area contributed by atoms with Gasteiger partial charge in [0.1, 0.15) is 0 Å². The Bertz CT molecular complexity index is 2250. The molecular weight excluding hydrogens is 1240 g/mol. The minimum atomic E-state index is -7.37. The van der Waals surface area contributed by atoms with Crippen molar-refractivity contribution in [2.45, 2.75) is 100 Å². The number of benzene rings is 4. The Kier molecular flexibility index (Phi) is 20.4. The van der Waals surface area contributed by atoms with E-state index in [0.29, 0.717) is 0 Å². The van der Waals surface area contributed by atoms with Crippen LogP contribution >= 0.6 is 17.0 Å². The van der Waals surface area contributed by atoms with Crippen LogP contribution in [0.4, 0.5) is 39.5 Å². The summed E-state index contributed by atoms with van der Waals surface area (Å²) in [5.74, 6) is -18.1. The first-order valence-corrected chi connectivity index (χ1v) is 24.7. The Hall–Kier alpha value is -4.02. The van der Waals surface area contributed by atoms with Crippen LogP contribution < -0.4 is 42.4 Å². The SMILES string of the molecule is Br.CC(C)(C(=O)O)c1ccc([I-]c2ccc(C(C)(C)C(=O)O)cc2)cc1.CC(C)(C(=O)O)c1ccc([I-]c2ccc(C(C)(C)C(=O)O)cc2)cc1.O=S(=O)(O)C(F)(F)C(F)(F)C(F)(F)C(F)(F)F. The zero-order valence-corrected chi connectivity index (χ0v) is 43.7. The van der Waals surface area contributed by atoms with Crippen molar-refractivity contribution >= 4 is 51.0 Å². The van der Waals surface area contributed by atoms with Crippen LogP contribution in [0, 0.1) is 14.3 Å². The van der Waals surface area contributed by atoms with Crippen LogP contribution in [-0.2, 0) is 51.0 Å². The Balaban J connectivity index is 0.000000518. The number of hydrogen-bond acceptors (Lipinski definition) is 6. The third-order valence-corrected chi connectivity index (χ3v) is 16.6. The van der Waals surface area contributed by atoms with E-state index in [1.54, 1.807) is 55.4 Å². The predicted octanol–water partition coefficient (Wildman–Crippen LogP) is 3.96. The molecule has 24 heteroatoms. The van der Waals surface area contributed by atoms with E-state index in [-0.39, 0.29) is 17.0 Å². The zero-order valence-electron chi connectivity index (χ0n) is 36.9. The van der Waals surface area contributed by atoms with Crippen molar-refractivity contribution in [3.63, 3.8) is 0 Å². The fourth-order valence-corrected chi connectivity index (χ4v) is 9.75. The topological polar surface area (TPSA) is 204 Å². The first-order valence-electron chi connectivity index (χ1n) is 18.9. The number of carboxylic acid groups (broad SMARTS) is 4. The molecule has 0 atom stereocenters. The summed E-state index contributed by atoms with van der Waals surface area (Å²) < 4.78 is 139. The summed E-state index contributed by atoms with van der Waals surface area (Å²) in [6, 6.07) is 30.9. The van der Waals surface area contributed by atoms with Gasteiger partial charge in [-0.1, -0.05) is 0 Å². The normalized spacial score (nSPS) is 13.0. The number of halogens is 12. The number of carboxylic acids is 4. The quantitative estimate of drug-likeness (QED) is 0.0656. The van der Waals surface area contributed by atoms with Crippen LogP contribution in [0.3, 0.4) is 0 Å². The molecule has 0 spiro atoms. The van der Waals surface area contributed by atoms with Gasteiger partial charge < -0.3 is 0 Å². The molecule has 0 fully saturated rings. The smallest absolute Gasteiger partial charge is 0.281 e. The van der Waals surface area contributed by atoms with Gasteiger partial charge in [-0.2, -0.15) is 47.9 Å². The van der Waals surface area contributed by atoms with E-state index in [1.807, 2.05) is 97.1 Å². The van der Waals surface area contributed by atoms with E-state index < -0.39 is 121 Å². The third-order valence-electron chi connectivity index (χ3n) is 10.3. The fourth-order valence-electron chi connectivity index (χ4n) is 4.99. The largest absolute Gasteiger partial charge is 0.460 e. The van der Waals surface area contributed by atoms with Gasteiger partial charge >= 0.3 is 350 Å². The van der Waals surface area contributed by atoms with Gasteiger partial charge in [-0.15, -0.1) is 17.0 Å². The maximum atomic E-state index is 12.2. The van der Waals surface area contributed by atoms with Crippen molar-refractivity contribution in [3.8, 4) is 0 Å². The molecule has 68 heavy (non-hydrogen) atoms. The monoisotopic (exact) mass is 1290 g/mol. The van der Waals surface area contributed by atoms with Gasteiger partial charge in [0.15, 0.2) is 0 Å². The van der Waals surface area contributed by atoms with E-state index in [0.717, 1.165) is 22.3 Å². The second kappa shape index (κ2) is 22.4. The van der Waals surface area contributed by atoms with Crippen molar-refractivity contribution in [1.82, 2.24) is 0 Å². The molecule has 4 aromatic carbocycles. The number of hydrogen-bond donors (Lipinski definition) is 5. The third kappa shape index (κ3) is 14.1. The molecule has 0 saturated heterocycles. The van der Waals surface area contributed by atoms with E-state index in [1.165, 1.54) is 14.3 Å². The molecule has 0 aliphatic rings. The van der Waals surface area contributed by atoms with Gasteiger partial charge in [0, 0.05) is 0 Å². The Morgan fingerprint density at radius 1 is 0.397 bits per heavy atom. The molecule has 0 amide bonds. The molecule has 380 valence electrons. The molecule has 5 N–H and O–H groups in total. The average Bonchev–Trinajstić information content (AvgIpc) is 3.21. The predicted molar refractivity (Wildman–Crippen MR) is 226 cm³/mol. The Morgan fingerprint density at radius 2 is 0.574 bits per heavy atom. The summed E-state index contributed by atoms with van der Waals surface area (Å²) in [6.45, 7) is 13.6. The summed E-state index contributed by atoms with van der Waals surface area (Å²) in [5, 5.41) is 30.2. The van der Waals surface area contributed by atoms with Crippen LogP contribution in [0.2, 0.25) is 0 Å². The molecule has 0 bridgehead atoms. The minimum Gasteiger partial charge on any atom is -0.281 e. The average molecular weight is 1290 g/mol. The molecule has 4 aromatic rings. The number of carbonyl (C=O) groups is 4. The summed E-state index contributed by atoms with van der Waals surface area (Å²) in [4.78, 5) is 45.3. The fraction of sp³-hybridized carbons (Fsp3) is 0.364. The van der Waals surface area contributed by atoms with Gasteiger partial charge in [-0.3, -0.25) is 4.55 Å². The van der Waals surface area contributed by atoms with E-state index in [2.05, 4.69) is 0 Å². The van der Waals surface area contributed by atoms with Gasteiger partial charge in [-0.25, -0.2) is 0 Å². The van der Waals surface area contributed by atoms with Crippen LogP contribution in [-0.4, -0.2) is 80.5 Å². The second-order valence-electron chi connectivity index (χ2n) is 16.6. The van der Waals surface area contributed by atoms with Crippen LogP contribution in [0.15, 0.2) is 97.1 Å². The van der Waals surface area contributed by atoms with E-state index >= 15 is 0 Å². The maximum absolute atomic E-state index is 12.2. The number of aliphatic carboxylic acids is 4. The zero-order chi connectivity index (χ0) is 52.2. The Labute approximate surface area is 416 Å². The molecule has 0 aliphatic carbocycles. The molecule has 4 rings (SSSR count). The molecule has 0 aliphatic heterocycles. The molecule has 0 saturated carbocycles. The first-order chi connectivity index (χ1) is 30.1. The summed E-state index contributed by atoms with van der Waals surface area (Å²) >= 11 is -0.793. The van der Waals surface area contributed by atoms with Crippen molar-refractivity contribution < 1.29 is 134 Å². The molecule has 11 nitrogen and oxygen atoms in total. The van der Waals surface area contributed by atoms with E-state index in [9.17, 15) is 87.5 Å². The van der Waals surface area contributed by atoms with Gasteiger partial charge in [0.05, 0.1) is 0 Å². The second-order valence-corrected chi connectivity index (χ2v) is 24.1. The standard InChI is InChI=1S/2C20H22IO4.C4HF9O3S.BrH/c2*1-19(2,17(22)23)13-5-9-15(10-6-13)21-16-11-7-14(8-12-16)20(3,4)18(24)25;5-1(6,3(9,10)11)2(7,8)4(12,13)17(14,15)16;/h2*5-12H,1-4H3,(H,22,23)(H,24,25);(H,14,15,16);1H/q2*-1;;. The van der Waals surface area contributed by atoms with Crippen LogP contribution in [0.1, 0.15) is 77.6 Å². The van der Waals surface area contributed by atoms with Crippen molar-refractivity contribution in [1.29, 1.82) is 0 Å². The molecule has 0 aromatic heterocycles. The van der Waals surface area contributed by atoms with Crippen molar-refractivity contribution in [2.24, 2.45) is 0 Å². The summed E-state index contributed by atoms with van der Waals surface area (Å²) in [7, 11) is -7.17. The van der Waals surface area contributed by atoms with Gasteiger partial charge in [0.2, 0.25) is 0 Å². The number of rotatable bonds is 15. The maximum Gasteiger partial charge on any atom is 0.460 e. The van der Waals surface area contributed by atoms with Crippen molar-refractivity contribution in [2.75, 3.05) is 0 Å². The Morgan fingerprint density at radius 3 is 0.706 bits per heavy atom. The minimum absolute atomic E-state index is 0. The van der Waals surface area contributed by atoms with Gasteiger partial charge in [0.25, 0.3) is 0 Å². The van der Waals surface area contributed by atoms with Crippen LogP contribution in [0.5, 0.6) is 0 Å². The van der Waals surface area contributed by atoms with E-state index in [4.69, 9.17) is 4.55 Å². The van der Waals surface area contributed by atoms with Crippen molar-refractivity contribution in [3.05, 3.63) is 134 Å². The van der Waals surface area contributed by atoms with Gasteiger partial charge in [-0.05, 0) is 0 Å². The number of alkyl halides is 9. The summed E-state index contributed by atoms with van der Waals surface area (Å²) in [6.07, 6.45) is -7.13.